The predicted molar refractivity (Wildman–Crippen MR) is 76.6 cm³/mol. The molecule has 106 valence electrons. The van der Waals surface area contributed by atoms with Gasteiger partial charge in [0.25, 0.3) is 0 Å². The van der Waals surface area contributed by atoms with E-state index in [1.54, 1.807) is 20.3 Å². The molecule has 5 heteroatoms. The number of hydrogen-bond donors (Lipinski definition) is 1. The van der Waals surface area contributed by atoms with Crippen molar-refractivity contribution in [2.45, 2.75) is 25.8 Å². The molecule has 1 fully saturated rings. The summed E-state index contributed by atoms with van der Waals surface area (Å²) in [5.41, 5.74) is 6.76. The van der Waals surface area contributed by atoms with Crippen molar-refractivity contribution >= 4 is 11.5 Å². The topological polar surface area (TPSA) is 60.6 Å². The Balaban J connectivity index is 2.24. The number of methoxy groups -OCH3 is 2. The van der Waals surface area contributed by atoms with Gasteiger partial charge in [-0.2, -0.15) is 4.98 Å². The minimum atomic E-state index is 0.428. The highest BCUT2D eigenvalue weighted by Crippen LogP contribution is 2.38. The van der Waals surface area contributed by atoms with Crippen molar-refractivity contribution in [1.29, 1.82) is 0 Å². The number of pyridine rings is 1. The summed E-state index contributed by atoms with van der Waals surface area (Å²) in [5, 5.41) is 0. The van der Waals surface area contributed by atoms with E-state index < -0.39 is 0 Å². The first-order valence-electron chi connectivity index (χ1n) is 6.73. The fourth-order valence-electron chi connectivity index (χ4n) is 2.31. The van der Waals surface area contributed by atoms with E-state index in [1.807, 2.05) is 6.07 Å². The number of rotatable bonds is 7. The number of anilines is 2. The zero-order chi connectivity index (χ0) is 13.8. The van der Waals surface area contributed by atoms with Gasteiger partial charge >= 0.3 is 0 Å². The zero-order valence-electron chi connectivity index (χ0n) is 11.9. The number of nitrogens with two attached hydrogens (primary N) is 1. The third kappa shape index (κ3) is 3.29. The van der Waals surface area contributed by atoms with Crippen molar-refractivity contribution in [3.8, 4) is 5.88 Å². The molecule has 0 radical (unpaired) electrons. The van der Waals surface area contributed by atoms with E-state index in [2.05, 4.69) is 16.8 Å². The molecule has 1 aliphatic rings. The second kappa shape index (κ2) is 6.10. The number of ether oxygens (including phenoxy) is 2. The molecule has 1 saturated carbocycles. The molecule has 1 aromatic rings. The van der Waals surface area contributed by atoms with Gasteiger partial charge in [-0.05, 0) is 31.7 Å². The van der Waals surface area contributed by atoms with Gasteiger partial charge in [0.1, 0.15) is 0 Å². The Morgan fingerprint density at radius 2 is 2.16 bits per heavy atom. The average molecular weight is 265 g/mol. The van der Waals surface area contributed by atoms with Crippen LogP contribution in [0.5, 0.6) is 5.88 Å². The molecule has 1 aromatic heterocycles. The second-order valence-electron chi connectivity index (χ2n) is 5.03. The number of hydrogen-bond acceptors (Lipinski definition) is 5. The molecule has 0 amide bonds. The Labute approximate surface area is 114 Å². The Morgan fingerprint density at radius 3 is 2.74 bits per heavy atom. The van der Waals surface area contributed by atoms with E-state index in [0.717, 1.165) is 18.3 Å². The van der Waals surface area contributed by atoms with Crippen LogP contribution in [0.25, 0.3) is 0 Å². The van der Waals surface area contributed by atoms with Crippen LogP contribution in [0.4, 0.5) is 11.5 Å². The molecular weight excluding hydrogens is 242 g/mol. The quantitative estimate of drug-likeness (QED) is 0.816. The molecule has 0 bridgehead atoms. The van der Waals surface area contributed by atoms with Crippen molar-refractivity contribution < 1.29 is 9.47 Å². The van der Waals surface area contributed by atoms with Gasteiger partial charge in [0.2, 0.25) is 5.88 Å². The zero-order valence-corrected chi connectivity index (χ0v) is 11.9. The van der Waals surface area contributed by atoms with Gasteiger partial charge in [-0.3, -0.25) is 0 Å². The monoisotopic (exact) mass is 265 g/mol. The SMILES string of the molecule is COCCN(c1nc(OC)ccc1N)C(C)C1CC1. The van der Waals surface area contributed by atoms with Crippen LogP contribution in [0.2, 0.25) is 0 Å². The highest BCUT2D eigenvalue weighted by molar-refractivity contribution is 5.64. The number of nitrogen functional groups attached to an aromatic ring is 1. The normalized spacial score (nSPS) is 16.2. The van der Waals surface area contributed by atoms with Gasteiger partial charge in [0.05, 0.1) is 19.4 Å². The van der Waals surface area contributed by atoms with E-state index in [-0.39, 0.29) is 0 Å². The largest absolute Gasteiger partial charge is 0.481 e. The van der Waals surface area contributed by atoms with E-state index in [9.17, 15) is 0 Å². The maximum atomic E-state index is 6.07. The molecule has 0 saturated heterocycles. The van der Waals surface area contributed by atoms with E-state index >= 15 is 0 Å². The summed E-state index contributed by atoms with van der Waals surface area (Å²) in [6, 6.07) is 4.06. The van der Waals surface area contributed by atoms with Crippen LogP contribution in [0.15, 0.2) is 12.1 Å². The van der Waals surface area contributed by atoms with E-state index in [4.69, 9.17) is 15.2 Å². The van der Waals surface area contributed by atoms with Crippen molar-refractivity contribution in [1.82, 2.24) is 4.98 Å². The summed E-state index contributed by atoms with van der Waals surface area (Å²) in [7, 11) is 3.33. The van der Waals surface area contributed by atoms with Crippen LogP contribution < -0.4 is 15.4 Å². The van der Waals surface area contributed by atoms with Crippen molar-refractivity contribution in [3.05, 3.63) is 12.1 Å². The van der Waals surface area contributed by atoms with Crippen molar-refractivity contribution in [2.75, 3.05) is 38.0 Å². The molecule has 2 rings (SSSR count). The Hall–Kier alpha value is -1.49. The van der Waals surface area contributed by atoms with Gasteiger partial charge in [0, 0.05) is 25.8 Å². The highest BCUT2D eigenvalue weighted by atomic mass is 16.5. The lowest BCUT2D eigenvalue weighted by atomic mass is 10.1. The van der Waals surface area contributed by atoms with Crippen molar-refractivity contribution in [3.63, 3.8) is 0 Å². The summed E-state index contributed by atoms with van der Waals surface area (Å²) < 4.78 is 10.4. The lowest BCUT2D eigenvalue weighted by Crippen LogP contribution is -2.38. The molecule has 1 atom stereocenters. The summed E-state index contributed by atoms with van der Waals surface area (Å²) in [6.45, 7) is 3.68. The molecule has 1 heterocycles. The minimum absolute atomic E-state index is 0.428. The highest BCUT2D eigenvalue weighted by Gasteiger charge is 2.33. The van der Waals surface area contributed by atoms with Crippen LogP contribution in [-0.2, 0) is 4.74 Å². The Bertz CT molecular complexity index is 421. The van der Waals surface area contributed by atoms with Crippen molar-refractivity contribution in [2.24, 2.45) is 5.92 Å². The Kier molecular flexibility index (Phi) is 4.47. The first kappa shape index (κ1) is 13.9. The standard InChI is InChI=1S/C14H23N3O2/c1-10(11-4-5-11)17(8-9-18-2)14-12(15)6-7-13(16-14)19-3/h6-7,10-11H,4-5,8-9,15H2,1-3H3. The van der Waals surface area contributed by atoms with Crippen LogP contribution in [0.3, 0.4) is 0 Å². The molecular formula is C14H23N3O2. The van der Waals surface area contributed by atoms with Crippen LogP contribution in [0.1, 0.15) is 19.8 Å². The van der Waals surface area contributed by atoms with Gasteiger partial charge in [-0.15, -0.1) is 0 Å². The maximum absolute atomic E-state index is 6.07. The lowest BCUT2D eigenvalue weighted by Gasteiger charge is -2.31. The molecule has 2 N–H and O–H groups in total. The number of nitrogens with zero attached hydrogens (tertiary/aromatic N) is 2. The van der Waals surface area contributed by atoms with Crippen LogP contribution in [-0.4, -0.2) is 38.4 Å². The van der Waals surface area contributed by atoms with Crippen LogP contribution in [0, 0.1) is 5.92 Å². The summed E-state index contributed by atoms with van der Waals surface area (Å²) in [5.74, 6) is 2.13. The third-order valence-corrected chi connectivity index (χ3v) is 3.69. The van der Waals surface area contributed by atoms with Gasteiger partial charge < -0.3 is 20.1 Å². The van der Waals surface area contributed by atoms with Gasteiger partial charge in [0.15, 0.2) is 5.82 Å². The molecule has 19 heavy (non-hydrogen) atoms. The average Bonchev–Trinajstić information content (AvgIpc) is 3.25. The van der Waals surface area contributed by atoms with E-state index in [0.29, 0.717) is 24.2 Å². The first-order valence-corrected chi connectivity index (χ1v) is 6.73. The smallest absolute Gasteiger partial charge is 0.215 e. The molecule has 1 unspecified atom stereocenters. The van der Waals surface area contributed by atoms with Crippen LogP contribution >= 0.6 is 0 Å². The molecule has 0 aromatic carbocycles. The molecule has 5 nitrogen and oxygen atoms in total. The Morgan fingerprint density at radius 1 is 1.42 bits per heavy atom. The summed E-state index contributed by atoms with van der Waals surface area (Å²) >= 11 is 0. The minimum Gasteiger partial charge on any atom is -0.481 e. The molecule has 0 aliphatic heterocycles. The second-order valence-corrected chi connectivity index (χ2v) is 5.03. The first-order chi connectivity index (χ1) is 9.17. The summed E-state index contributed by atoms with van der Waals surface area (Å²) in [4.78, 5) is 6.73. The van der Waals surface area contributed by atoms with Gasteiger partial charge in [-0.25, -0.2) is 0 Å². The fraction of sp³-hybridized carbons (Fsp3) is 0.643. The van der Waals surface area contributed by atoms with Gasteiger partial charge in [-0.1, -0.05) is 0 Å². The lowest BCUT2D eigenvalue weighted by molar-refractivity contribution is 0.202. The maximum Gasteiger partial charge on any atom is 0.215 e. The molecule has 1 aliphatic carbocycles. The summed E-state index contributed by atoms with van der Waals surface area (Å²) in [6.07, 6.45) is 2.57. The third-order valence-electron chi connectivity index (χ3n) is 3.69. The van der Waals surface area contributed by atoms with E-state index in [1.165, 1.54) is 12.8 Å². The fourth-order valence-corrected chi connectivity index (χ4v) is 2.31. The molecule has 0 spiro atoms. The predicted octanol–water partition coefficient (Wildman–Crippen LogP) is 1.92. The number of aromatic nitrogens is 1.